The number of nitrogens with zero attached hydrogens (tertiary/aromatic N) is 3. The Morgan fingerprint density at radius 1 is 1.29 bits per heavy atom. The zero-order chi connectivity index (χ0) is 12.5. The number of aromatic nitrogens is 3. The third-order valence-corrected chi connectivity index (χ3v) is 2.00. The van der Waals surface area contributed by atoms with E-state index in [1.165, 1.54) is 12.1 Å². The Morgan fingerprint density at radius 2 is 2.06 bits per heavy atom. The second-order valence-corrected chi connectivity index (χ2v) is 3.20. The summed E-state index contributed by atoms with van der Waals surface area (Å²) in [6, 6.07) is 7.93. The topological polar surface area (TPSA) is 65.4 Å². The number of alkyl halides is 3. The number of hydrogen-bond acceptors (Lipinski definition) is 3. The van der Waals surface area contributed by atoms with E-state index >= 15 is 0 Å². The first-order valence-electron chi connectivity index (χ1n) is 4.51. The first kappa shape index (κ1) is 11.1. The van der Waals surface area contributed by atoms with Crippen molar-refractivity contribution in [1.29, 1.82) is 5.26 Å². The Labute approximate surface area is 93.7 Å². The van der Waals surface area contributed by atoms with Crippen molar-refractivity contribution in [2.24, 2.45) is 0 Å². The van der Waals surface area contributed by atoms with Gasteiger partial charge in [0.05, 0.1) is 11.6 Å². The molecule has 0 amide bonds. The van der Waals surface area contributed by atoms with E-state index in [1.807, 2.05) is 11.2 Å². The number of rotatable bonds is 1. The highest BCUT2D eigenvalue weighted by Crippen LogP contribution is 2.27. The van der Waals surface area contributed by atoms with Crippen LogP contribution in [0.4, 0.5) is 13.2 Å². The Morgan fingerprint density at radius 3 is 2.65 bits per heavy atom. The van der Waals surface area contributed by atoms with E-state index in [-0.39, 0.29) is 5.82 Å². The van der Waals surface area contributed by atoms with Crippen molar-refractivity contribution in [2.75, 3.05) is 0 Å². The molecule has 1 aromatic carbocycles. The molecule has 0 bridgehead atoms. The van der Waals surface area contributed by atoms with Gasteiger partial charge in [0.2, 0.25) is 5.82 Å². The first-order chi connectivity index (χ1) is 8.00. The Bertz CT molecular complexity index is 580. The molecule has 1 heterocycles. The summed E-state index contributed by atoms with van der Waals surface area (Å²) in [6.45, 7) is 0. The lowest BCUT2D eigenvalue weighted by Gasteiger charge is -1.98. The van der Waals surface area contributed by atoms with Gasteiger partial charge in [-0.2, -0.15) is 23.5 Å². The highest BCUT2D eigenvalue weighted by molar-refractivity contribution is 5.57. The standard InChI is InChI=1S/C10H5F3N4/c11-10(12,13)9-15-8(16-17-9)7-3-1-2-6(4-7)5-14/h1-4H,(H,15,16,17). The third kappa shape index (κ3) is 2.25. The highest BCUT2D eigenvalue weighted by atomic mass is 19.4. The van der Waals surface area contributed by atoms with Crippen molar-refractivity contribution >= 4 is 0 Å². The SMILES string of the molecule is N#Cc1cccc(-c2n[nH]c(C(F)(F)F)n2)c1. The molecule has 1 aromatic heterocycles. The molecule has 7 heteroatoms. The molecule has 2 rings (SSSR count). The minimum absolute atomic E-state index is 0.0885. The van der Waals surface area contributed by atoms with Gasteiger partial charge in [0.25, 0.3) is 0 Å². The van der Waals surface area contributed by atoms with Crippen LogP contribution in [0.5, 0.6) is 0 Å². The van der Waals surface area contributed by atoms with Crippen LogP contribution in [-0.2, 0) is 6.18 Å². The molecule has 86 valence electrons. The number of nitriles is 1. The number of nitrogens with one attached hydrogen (secondary N) is 1. The van der Waals surface area contributed by atoms with E-state index < -0.39 is 12.0 Å². The largest absolute Gasteiger partial charge is 0.451 e. The zero-order valence-electron chi connectivity index (χ0n) is 8.28. The number of halogens is 3. The monoisotopic (exact) mass is 238 g/mol. The molecule has 0 atom stereocenters. The van der Waals surface area contributed by atoms with Crippen molar-refractivity contribution in [3.8, 4) is 17.5 Å². The van der Waals surface area contributed by atoms with Crippen LogP contribution in [0.3, 0.4) is 0 Å². The fourth-order valence-corrected chi connectivity index (χ4v) is 1.25. The van der Waals surface area contributed by atoms with Crippen LogP contribution < -0.4 is 0 Å². The van der Waals surface area contributed by atoms with Gasteiger partial charge in [-0.1, -0.05) is 12.1 Å². The van der Waals surface area contributed by atoms with E-state index in [4.69, 9.17) is 5.26 Å². The van der Waals surface area contributed by atoms with E-state index in [9.17, 15) is 13.2 Å². The molecule has 0 unspecified atom stereocenters. The fourth-order valence-electron chi connectivity index (χ4n) is 1.25. The van der Waals surface area contributed by atoms with Crippen LogP contribution in [0.1, 0.15) is 11.4 Å². The van der Waals surface area contributed by atoms with Gasteiger partial charge in [0, 0.05) is 5.56 Å². The molecule has 0 spiro atoms. The van der Waals surface area contributed by atoms with Gasteiger partial charge in [-0.3, -0.25) is 5.10 Å². The normalized spacial score (nSPS) is 11.2. The smallest absolute Gasteiger partial charge is 0.255 e. The highest BCUT2D eigenvalue weighted by Gasteiger charge is 2.35. The predicted octanol–water partition coefficient (Wildman–Crippen LogP) is 2.36. The van der Waals surface area contributed by atoms with Gasteiger partial charge >= 0.3 is 6.18 Å². The second-order valence-electron chi connectivity index (χ2n) is 3.20. The average molecular weight is 238 g/mol. The maximum Gasteiger partial charge on any atom is 0.451 e. The van der Waals surface area contributed by atoms with Crippen molar-refractivity contribution in [2.45, 2.75) is 6.18 Å². The summed E-state index contributed by atoms with van der Waals surface area (Å²) in [5, 5.41) is 13.9. The molecule has 0 fully saturated rings. The minimum atomic E-state index is -4.56. The van der Waals surface area contributed by atoms with Crippen molar-refractivity contribution in [3.05, 3.63) is 35.7 Å². The van der Waals surface area contributed by atoms with E-state index in [1.54, 1.807) is 12.1 Å². The number of H-pyrrole nitrogens is 1. The number of hydrogen-bond donors (Lipinski definition) is 1. The molecule has 1 N–H and O–H groups in total. The maximum atomic E-state index is 12.3. The lowest BCUT2D eigenvalue weighted by molar-refractivity contribution is -0.144. The minimum Gasteiger partial charge on any atom is -0.255 e. The summed E-state index contributed by atoms with van der Waals surface area (Å²) in [6.07, 6.45) is -4.56. The molecular weight excluding hydrogens is 233 g/mol. The lowest BCUT2D eigenvalue weighted by Crippen LogP contribution is -2.07. The summed E-state index contributed by atoms with van der Waals surface area (Å²) in [5.41, 5.74) is 0.691. The number of aromatic amines is 1. The van der Waals surface area contributed by atoms with Crippen molar-refractivity contribution < 1.29 is 13.2 Å². The Hall–Kier alpha value is -2.36. The summed E-state index contributed by atoms with van der Waals surface area (Å²) >= 11 is 0. The Kier molecular flexibility index (Phi) is 2.55. The lowest BCUT2D eigenvalue weighted by atomic mass is 10.1. The van der Waals surface area contributed by atoms with Gasteiger partial charge in [0.15, 0.2) is 5.82 Å². The summed E-state index contributed by atoms with van der Waals surface area (Å²) in [4.78, 5) is 3.33. The third-order valence-electron chi connectivity index (χ3n) is 2.00. The van der Waals surface area contributed by atoms with Crippen LogP contribution in [0.25, 0.3) is 11.4 Å². The van der Waals surface area contributed by atoms with E-state index in [2.05, 4.69) is 10.1 Å². The van der Waals surface area contributed by atoms with Crippen LogP contribution >= 0.6 is 0 Å². The molecule has 4 nitrogen and oxygen atoms in total. The number of benzene rings is 1. The van der Waals surface area contributed by atoms with Crippen molar-refractivity contribution in [1.82, 2.24) is 15.2 Å². The van der Waals surface area contributed by atoms with Gasteiger partial charge in [-0.05, 0) is 12.1 Å². The molecule has 0 aliphatic rings. The van der Waals surface area contributed by atoms with E-state index in [0.717, 1.165) is 0 Å². The summed E-state index contributed by atoms with van der Waals surface area (Å²) in [5.74, 6) is -1.25. The molecule has 0 saturated heterocycles. The van der Waals surface area contributed by atoms with Crippen molar-refractivity contribution in [3.63, 3.8) is 0 Å². The van der Waals surface area contributed by atoms with Gasteiger partial charge < -0.3 is 0 Å². The van der Waals surface area contributed by atoms with Crippen LogP contribution in [0.2, 0.25) is 0 Å². The molecule has 2 aromatic rings. The van der Waals surface area contributed by atoms with E-state index in [0.29, 0.717) is 11.1 Å². The van der Waals surface area contributed by atoms with Crippen LogP contribution in [0, 0.1) is 11.3 Å². The second kappa shape index (κ2) is 3.90. The predicted molar refractivity (Wildman–Crippen MR) is 51.5 cm³/mol. The molecule has 0 aliphatic carbocycles. The molecule has 0 saturated carbocycles. The zero-order valence-corrected chi connectivity index (χ0v) is 8.28. The first-order valence-corrected chi connectivity index (χ1v) is 4.51. The average Bonchev–Trinajstić information content (AvgIpc) is 2.78. The Balaban J connectivity index is 2.41. The molecule has 0 aliphatic heterocycles. The van der Waals surface area contributed by atoms with Crippen LogP contribution in [0.15, 0.2) is 24.3 Å². The summed E-state index contributed by atoms with van der Waals surface area (Å²) in [7, 11) is 0. The molecular formula is C10H5F3N4. The van der Waals surface area contributed by atoms with Crippen LogP contribution in [-0.4, -0.2) is 15.2 Å². The molecule has 17 heavy (non-hydrogen) atoms. The fraction of sp³-hybridized carbons (Fsp3) is 0.100. The van der Waals surface area contributed by atoms with Gasteiger partial charge in [-0.25, -0.2) is 4.98 Å². The van der Waals surface area contributed by atoms with Gasteiger partial charge in [-0.15, -0.1) is 0 Å². The summed E-state index contributed by atoms with van der Waals surface area (Å²) < 4.78 is 36.8. The quantitative estimate of drug-likeness (QED) is 0.829. The van der Waals surface area contributed by atoms with Gasteiger partial charge in [0.1, 0.15) is 0 Å². The molecule has 0 radical (unpaired) electrons. The maximum absolute atomic E-state index is 12.3.